The second-order valence-electron chi connectivity index (χ2n) is 8.89. The Morgan fingerprint density at radius 2 is 1.59 bits per heavy atom. The maximum absolute atomic E-state index is 12.0. The summed E-state index contributed by atoms with van der Waals surface area (Å²) in [6, 6.07) is 27.1. The molecule has 5 rings (SSSR count). The van der Waals surface area contributed by atoms with Gasteiger partial charge in [0.15, 0.2) is 0 Å². The first kappa shape index (κ1) is 20.5. The van der Waals surface area contributed by atoms with Crippen molar-refractivity contribution >= 4 is 16.9 Å². The maximum atomic E-state index is 12.0. The molecule has 1 unspecified atom stereocenters. The highest BCUT2D eigenvalue weighted by Crippen LogP contribution is 2.52. The first-order valence-electron chi connectivity index (χ1n) is 10.9. The van der Waals surface area contributed by atoms with Crippen molar-refractivity contribution < 1.29 is 14.3 Å². The molecule has 1 aliphatic heterocycles. The minimum absolute atomic E-state index is 0.231. The van der Waals surface area contributed by atoms with E-state index in [1.54, 1.807) is 0 Å². The van der Waals surface area contributed by atoms with Gasteiger partial charge < -0.3 is 14.0 Å². The van der Waals surface area contributed by atoms with E-state index in [9.17, 15) is 4.79 Å². The van der Waals surface area contributed by atoms with Crippen LogP contribution in [0.4, 0.5) is 0 Å². The number of nitrogens with zero attached hydrogens (tertiary/aromatic N) is 1. The van der Waals surface area contributed by atoms with Crippen LogP contribution in [0, 0.1) is 0 Å². The Kier molecular flexibility index (Phi) is 4.90. The third-order valence-electron chi connectivity index (χ3n) is 6.91. The van der Waals surface area contributed by atoms with Gasteiger partial charge in [0.2, 0.25) is 0 Å². The van der Waals surface area contributed by atoms with Crippen LogP contribution in [-0.2, 0) is 27.5 Å². The molecular weight excluding hydrogens is 398 g/mol. The van der Waals surface area contributed by atoms with Crippen LogP contribution < -0.4 is 0 Å². The number of fused-ring (bicyclic) bond motifs is 1. The van der Waals surface area contributed by atoms with Gasteiger partial charge in [-0.05, 0) is 36.6 Å². The lowest BCUT2D eigenvalue weighted by Crippen LogP contribution is -2.30. The molecule has 1 fully saturated rings. The highest BCUT2D eigenvalue weighted by Gasteiger charge is 2.50. The molecule has 0 aliphatic carbocycles. The smallest absolute Gasteiger partial charge is 0.337 e. The molecule has 4 aromatic rings. The predicted octanol–water partition coefficient (Wildman–Crippen LogP) is 5.59. The zero-order valence-corrected chi connectivity index (χ0v) is 18.7. The Hall–Kier alpha value is -3.37. The Balaban J connectivity index is 1.63. The largest absolute Gasteiger partial charge is 0.465 e. The van der Waals surface area contributed by atoms with Crippen molar-refractivity contribution in [3.63, 3.8) is 0 Å². The van der Waals surface area contributed by atoms with Gasteiger partial charge in [0.05, 0.1) is 24.9 Å². The SMILES string of the molecule is COC(=O)c1ccc2c(C3(C)CC(c4ccccc4)(c4ccccc4)CO3)cn(C)c2c1. The van der Waals surface area contributed by atoms with Gasteiger partial charge in [-0.25, -0.2) is 4.79 Å². The van der Waals surface area contributed by atoms with Crippen LogP contribution in [0.5, 0.6) is 0 Å². The fourth-order valence-corrected chi connectivity index (χ4v) is 5.24. The molecule has 0 spiro atoms. The van der Waals surface area contributed by atoms with E-state index in [4.69, 9.17) is 9.47 Å². The van der Waals surface area contributed by atoms with Crippen molar-refractivity contribution in [2.24, 2.45) is 7.05 Å². The summed E-state index contributed by atoms with van der Waals surface area (Å²) >= 11 is 0. The third-order valence-corrected chi connectivity index (χ3v) is 6.91. The van der Waals surface area contributed by atoms with Gasteiger partial charge in [-0.1, -0.05) is 66.7 Å². The monoisotopic (exact) mass is 425 g/mol. The summed E-state index contributed by atoms with van der Waals surface area (Å²) in [7, 11) is 3.41. The van der Waals surface area contributed by atoms with Gasteiger partial charge in [-0.2, -0.15) is 0 Å². The predicted molar refractivity (Wildman–Crippen MR) is 126 cm³/mol. The molecule has 0 saturated carbocycles. The van der Waals surface area contributed by atoms with E-state index >= 15 is 0 Å². The number of hydrogen-bond donors (Lipinski definition) is 0. The van der Waals surface area contributed by atoms with Gasteiger partial charge in [0, 0.05) is 35.1 Å². The lowest BCUT2D eigenvalue weighted by atomic mass is 9.70. The molecule has 3 aromatic carbocycles. The third kappa shape index (κ3) is 3.14. The minimum Gasteiger partial charge on any atom is -0.465 e. The van der Waals surface area contributed by atoms with E-state index in [1.807, 2.05) is 25.2 Å². The van der Waals surface area contributed by atoms with Gasteiger partial charge in [-0.3, -0.25) is 0 Å². The molecule has 2 heterocycles. The van der Waals surface area contributed by atoms with Gasteiger partial charge in [-0.15, -0.1) is 0 Å². The highest BCUT2D eigenvalue weighted by atomic mass is 16.5. The van der Waals surface area contributed by atoms with E-state index in [0.29, 0.717) is 12.2 Å². The number of esters is 1. The summed E-state index contributed by atoms with van der Waals surface area (Å²) in [5, 5.41) is 1.10. The number of ether oxygens (including phenoxy) is 2. The molecule has 0 bridgehead atoms. The number of carbonyl (C=O) groups excluding carboxylic acids is 1. The molecule has 4 heteroatoms. The van der Waals surface area contributed by atoms with Crippen molar-refractivity contribution in [3.8, 4) is 0 Å². The standard InChI is InChI=1S/C28H27NO3/c1-27(24-17-29(2)25-16-20(26(30)31-3)14-15-23(24)25)18-28(19-32-27,21-10-6-4-7-11-21)22-12-8-5-9-13-22/h4-17H,18-19H2,1-3H3. The number of carbonyl (C=O) groups is 1. The van der Waals surface area contributed by atoms with E-state index in [-0.39, 0.29) is 11.4 Å². The molecule has 0 amide bonds. The summed E-state index contributed by atoms with van der Waals surface area (Å²) in [5.74, 6) is -0.329. The van der Waals surface area contributed by atoms with Gasteiger partial charge >= 0.3 is 5.97 Å². The normalized spacial score (nSPS) is 19.8. The quantitative estimate of drug-likeness (QED) is 0.400. The molecule has 32 heavy (non-hydrogen) atoms. The molecule has 1 aromatic heterocycles. The fourth-order valence-electron chi connectivity index (χ4n) is 5.24. The Morgan fingerprint density at radius 1 is 0.969 bits per heavy atom. The van der Waals surface area contributed by atoms with E-state index in [1.165, 1.54) is 18.2 Å². The van der Waals surface area contributed by atoms with Crippen LogP contribution in [0.25, 0.3) is 10.9 Å². The average molecular weight is 426 g/mol. The maximum Gasteiger partial charge on any atom is 0.337 e. The first-order chi connectivity index (χ1) is 15.5. The molecule has 1 saturated heterocycles. The highest BCUT2D eigenvalue weighted by molar-refractivity contribution is 5.95. The summed E-state index contributed by atoms with van der Waals surface area (Å²) in [6.07, 6.45) is 2.96. The van der Waals surface area contributed by atoms with Crippen molar-refractivity contribution in [1.82, 2.24) is 4.57 Å². The van der Waals surface area contributed by atoms with Crippen molar-refractivity contribution in [2.45, 2.75) is 24.4 Å². The molecular formula is C28H27NO3. The second kappa shape index (κ2) is 7.64. The first-order valence-corrected chi connectivity index (χ1v) is 10.9. The van der Waals surface area contributed by atoms with E-state index < -0.39 is 5.60 Å². The lowest BCUT2D eigenvalue weighted by Gasteiger charge is -2.31. The van der Waals surface area contributed by atoms with Gasteiger partial charge in [0.1, 0.15) is 0 Å². The number of aryl methyl sites for hydroxylation is 1. The summed E-state index contributed by atoms with van der Waals surface area (Å²) in [4.78, 5) is 12.0. The zero-order valence-electron chi connectivity index (χ0n) is 18.7. The number of hydrogen-bond acceptors (Lipinski definition) is 3. The van der Waals surface area contributed by atoms with Crippen LogP contribution >= 0.6 is 0 Å². The number of methoxy groups -OCH3 is 1. The Morgan fingerprint density at radius 3 is 2.19 bits per heavy atom. The minimum atomic E-state index is -0.474. The topological polar surface area (TPSA) is 40.5 Å². The van der Waals surface area contributed by atoms with E-state index in [0.717, 1.165) is 22.9 Å². The Labute approximate surface area is 188 Å². The fraction of sp³-hybridized carbons (Fsp3) is 0.250. The average Bonchev–Trinajstić information content (AvgIpc) is 3.39. The lowest BCUT2D eigenvalue weighted by molar-refractivity contribution is 0.0165. The van der Waals surface area contributed by atoms with Crippen LogP contribution in [0.1, 0.15) is 40.4 Å². The molecule has 162 valence electrons. The molecule has 1 aliphatic rings. The zero-order chi connectivity index (χ0) is 22.3. The van der Waals surface area contributed by atoms with Crippen LogP contribution in [0.2, 0.25) is 0 Å². The molecule has 1 atom stereocenters. The molecule has 0 N–H and O–H groups in total. The van der Waals surface area contributed by atoms with Crippen molar-refractivity contribution in [1.29, 1.82) is 0 Å². The van der Waals surface area contributed by atoms with Crippen LogP contribution in [0.15, 0.2) is 85.1 Å². The summed E-state index contributed by atoms with van der Waals surface area (Å²) < 4.78 is 13.6. The summed E-state index contributed by atoms with van der Waals surface area (Å²) in [6.45, 7) is 2.79. The number of rotatable bonds is 4. The number of benzene rings is 3. The molecule has 4 nitrogen and oxygen atoms in total. The molecule has 0 radical (unpaired) electrons. The van der Waals surface area contributed by atoms with E-state index in [2.05, 4.69) is 78.4 Å². The van der Waals surface area contributed by atoms with Crippen LogP contribution in [-0.4, -0.2) is 24.3 Å². The second-order valence-corrected chi connectivity index (χ2v) is 8.89. The summed E-state index contributed by atoms with van der Waals surface area (Å²) in [5.41, 5.74) is 4.51. The number of aromatic nitrogens is 1. The van der Waals surface area contributed by atoms with Gasteiger partial charge in [0.25, 0.3) is 0 Å². The Bertz CT molecular complexity index is 1240. The van der Waals surface area contributed by atoms with Crippen molar-refractivity contribution in [3.05, 3.63) is 107 Å². The van der Waals surface area contributed by atoms with Crippen LogP contribution in [0.3, 0.4) is 0 Å². The van der Waals surface area contributed by atoms with Crippen molar-refractivity contribution in [2.75, 3.05) is 13.7 Å².